The Morgan fingerprint density at radius 1 is 1.33 bits per heavy atom. The van der Waals surface area contributed by atoms with E-state index in [1.165, 1.54) is 28.8 Å². The predicted octanol–water partition coefficient (Wildman–Crippen LogP) is 3.89. The summed E-state index contributed by atoms with van der Waals surface area (Å²) in [6.07, 6.45) is 8.33. The molecule has 2 aromatic rings. The van der Waals surface area contributed by atoms with Crippen LogP contribution in [0.5, 0.6) is 0 Å². The molecule has 1 aliphatic rings. The van der Waals surface area contributed by atoms with E-state index in [-0.39, 0.29) is 0 Å². The van der Waals surface area contributed by atoms with Crippen molar-refractivity contribution in [3.63, 3.8) is 0 Å². The number of anilines is 1. The van der Waals surface area contributed by atoms with Crippen LogP contribution >= 0.6 is 0 Å². The smallest absolute Gasteiger partial charge is 0.0568 e. The molecule has 0 aliphatic carbocycles. The van der Waals surface area contributed by atoms with Crippen molar-refractivity contribution in [2.75, 3.05) is 11.4 Å². The first-order valence-electron chi connectivity index (χ1n) is 7.65. The zero-order valence-electron chi connectivity index (χ0n) is 13.1. The summed E-state index contributed by atoms with van der Waals surface area (Å²) < 4.78 is 1.85. The second kappa shape index (κ2) is 5.40. The fraction of sp³-hybridized carbons (Fsp3) is 0.389. The van der Waals surface area contributed by atoms with Gasteiger partial charge in [-0.1, -0.05) is 12.7 Å². The van der Waals surface area contributed by atoms with E-state index >= 15 is 0 Å². The zero-order valence-corrected chi connectivity index (χ0v) is 13.1. The maximum absolute atomic E-state index is 4.30. The lowest BCUT2D eigenvalue weighted by atomic mass is 9.92. The van der Waals surface area contributed by atoms with Crippen LogP contribution in [0.25, 0.3) is 17.2 Å². The number of fused-ring (bicyclic) bond motifs is 1. The molecule has 0 saturated carbocycles. The molecule has 110 valence electrons. The van der Waals surface area contributed by atoms with Gasteiger partial charge in [-0.3, -0.25) is 4.68 Å². The van der Waals surface area contributed by atoms with Crippen LogP contribution in [0.3, 0.4) is 0 Å². The molecule has 3 rings (SSSR count). The fourth-order valence-corrected chi connectivity index (χ4v) is 3.19. The molecular weight excluding hydrogens is 258 g/mol. The third-order valence-electron chi connectivity index (χ3n) is 4.26. The van der Waals surface area contributed by atoms with E-state index in [0.717, 1.165) is 18.5 Å². The SMILES string of the molecule is C=Cc1cc2c(cc1-c1cnn(C)c1)CCCN2C(C)C. The highest BCUT2D eigenvalue weighted by atomic mass is 15.2. The zero-order chi connectivity index (χ0) is 15.0. The molecule has 0 spiro atoms. The van der Waals surface area contributed by atoms with Crippen LogP contribution in [0.1, 0.15) is 31.4 Å². The topological polar surface area (TPSA) is 21.1 Å². The Hall–Kier alpha value is -2.03. The van der Waals surface area contributed by atoms with Gasteiger partial charge in [0.25, 0.3) is 0 Å². The molecule has 0 radical (unpaired) electrons. The largest absolute Gasteiger partial charge is 0.369 e. The van der Waals surface area contributed by atoms with Gasteiger partial charge in [0.05, 0.1) is 6.20 Å². The molecule has 0 saturated heterocycles. The van der Waals surface area contributed by atoms with Crippen molar-refractivity contribution in [1.82, 2.24) is 9.78 Å². The lowest BCUT2D eigenvalue weighted by molar-refractivity contribution is 0.626. The van der Waals surface area contributed by atoms with Gasteiger partial charge in [0.1, 0.15) is 0 Å². The standard InChI is InChI=1S/C18H23N3/c1-5-14-10-18-15(7-6-8-21(18)13(2)3)9-17(14)16-11-19-20(4)12-16/h5,9-13H,1,6-8H2,2-4H3. The first-order chi connectivity index (χ1) is 10.1. The van der Waals surface area contributed by atoms with Gasteiger partial charge in [-0.25, -0.2) is 0 Å². The van der Waals surface area contributed by atoms with E-state index in [0.29, 0.717) is 6.04 Å². The second-order valence-electron chi connectivity index (χ2n) is 6.07. The van der Waals surface area contributed by atoms with E-state index in [2.05, 4.69) is 48.8 Å². The molecule has 1 aromatic heterocycles. The molecule has 2 heterocycles. The van der Waals surface area contributed by atoms with Crippen LogP contribution in [0.4, 0.5) is 5.69 Å². The van der Waals surface area contributed by atoms with Gasteiger partial charge >= 0.3 is 0 Å². The molecule has 21 heavy (non-hydrogen) atoms. The molecule has 0 bridgehead atoms. The highest BCUT2D eigenvalue weighted by molar-refractivity contribution is 5.79. The normalized spacial score (nSPS) is 14.4. The minimum atomic E-state index is 0.533. The van der Waals surface area contributed by atoms with E-state index in [4.69, 9.17) is 0 Å². The summed E-state index contributed by atoms with van der Waals surface area (Å²) in [4.78, 5) is 2.50. The van der Waals surface area contributed by atoms with Gasteiger partial charge in [-0.2, -0.15) is 5.10 Å². The van der Waals surface area contributed by atoms with Crippen molar-refractivity contribution in [2.24, 2.45) is 7.05 Å². The number of hydrogen-bond donors (Lipinski definition) is 0. The van der Waals surface area contributed by atoms with Crippen LogP contribution in [0, 0.1) is 0 Å². The molecule has 0 atom stereocenters. The lowest BCUT2D eigenvalue weighted by Gasteiger charge is -2.35. The third kappa shape index (κ3) is 2.48. The first-order valence-corrected chi connectivity index (χ1v) is 7.65. The van der Waals surface area contributed by atoms with E-state index in [9.17, 15) is 0 Å². The summed E-state index contributed by atoms with van der Waals surface area (Å²) in [6, 6.07) is 5.16. The van der Waals surface area contributed by atoms with Gasteiger partial charge in [0.2, 0.25) is 0 Å². The van der Waals surface area contributed by atoms with E-state index in [1.807, 2.05) is 24.0 Å². The monoisotopic (exact) mass is 281 g/mol. The van der Waals surface area contributed by atoms with Crippen LogP contribution in [0.15, 0.2) is 31.1 Å². The Morgan fingerprint density at radius 2 is 2.14 bits per heavy atom. The summed E-state index contributed by atoms with van der Waals surface area (Å²) in [5.41, 5.74) is 6.41. The second-order valence-corrected chi connectivity index (χ2v) is 6.07. The minimum absolute atomic E-state index is 0.533. The molecule has 0 fully saturated rings. The summed E-state index contributed by atoms with van der Waals surface area (Å²) in [5, 5.41) is 4.30. The van der Waals surface area contributed by atoms with Gasteiger partial charge in [-0.05, 0) is 55.5 Å². The Kier molecular flexibility index (Phi) is 3.58. The van der Waals surface area contributed by atoms with Crippen molar-refractivity contribution in [2.45, 2.75) is 32.7 Å². The molecule has 3 heteroatoms. The van der Waals surface area contributed by atoms with Crippen LogP contribution in [-0.4, -0.2) is 22.4 Å². The summed E-state index contributed by atoms with van der Waals surface area (Å²) in [7, 11) is 1.95. The number of aromatic nitrogens is 2. The molecule has 0 amide bonds. The Balaban J connectivity index is 2.14. The lowest BCUT2D eigenvalue weighted by Crippen LogP contribution is -2.35. The van der Waals surface area contributed by atoms with Crippen molar-refractivity contribution in [3.05, 3.63) is 42.2 Å². The summed E-state index contributed by atoms with van der Waals surface area (Å²) >= 11 is 0. The Labute approximate surface area is 126 Å². The highest BCUT2D eigenvalue weighted by Crippen LogP contribution is 2.36. The van der Waals surface area contributed by atoms with Crippen molar-refractivity contribution in [1.29, 1.82) is 0 Å². The fourth-order valence-electron chi connectivity index (χ4n) is 3.19. The highest BCUT2D eigenvalue weighted by Gasteiger charge is 2.21. The average Bonchev–Trinajstić information content (AvgIpc) is 2.91. The molecule has 3 nitrogen and oxygen atoms in total. The maximum Gasteiger partial charge on any atom is 0.0568 e. The minimum Gasteiger partial charge on any atom is -0.369 e. The van der Waals surface area contributed by atoms with Crippen LogP contribution in [-0.2, 0) is 13.5 Å². The van der Waals surface area contributed by atoms with E-state index in [1.54, 1.807) is 0 Å². The summed E-state index contributed by atoms with van der Waals surface area (Å²) in [5.74, 6) is 0. The molecule has 0 N–H and O–H groups in total. The third-order valence-corrected chi connectivity index (χ3v) is 4.26. The quantitative estimate of drug-likeness (QED) is 0.851. The number of benzene rings is 1. The number of aryl methyl sites for hydroxylation is 2. The summed E-state index contributed by atoms with van der Waals surface area (Å²) in [6.45, 7) is 9.67. The average molecular weight is 281 g/mol. The number of rotatable bonds is 3. The van der Waals surface area contributed by atoms with Gasteiger partial charge in [0, 0.05) is 37.1 Å². The number of nitrogens with zero attached hydrogens (tertiary/aromatic N) is 3. The Morgan fingerprint density at radius 3 is 2.76 bits per heavy atom. The van der Waals surface area contributed by atoms with Gasteiger partial charge in [-0.15, -0.1) is 0 Å². The van der Waals surface area contributed by atoms with Crippen molar-refractivity contribution >= 4 is 11.8 Å². The van der Waals surface area contributed by atoms with Crippen LogP contribution in [0.2, 0.25) is 0 Å². The van der Waals surface area contributed by atoms with Gasteiger partial charge < -0.3 is 4.90 Å². The molecular formula is C18H23N3. The maximum atomic E-state index is 4.30. The predicted molar refractivity (Wildman–Crippen MR) is 89.5 cm³/mol. The van der Waals surface area contributed by atoms with Gasteiger partial charge in [0.15, 0.2) is 0 Å². The van der Waals surface area contributed by atoms with Crippen molar-refractivity contribution in [3.8, 4) is 11.1 Å². The van der Waals surface area contributed by atoms with E-state index < -0.39 is 0 Å². The molecule has 1 aromatic carbocycles. The van der Waals surface area contributed by atoms with Crippen molar-refractivity contribution < 1.29 is 0 Å². The number of hydrogen-bond acceptors (Lipinski definition) is 2. The molecule has 0 unspecified atom stereocenters. The van der Waals surface area contributed by atoms with Crippen LogP contribution < -0.4 is 4.90 Å². The molecule has 1 aliphatic heterocycles. The first kappa shape index (κ1) is 13.9. The Bertz CT molecular complexity index is 667.